The first-order chi connectivity index (χ1) is 15.8. The molecule has 2 heterocycles. The zero-order chi connectivity index (χ0) is 23.5. The number of hydrogen-bond acceptors (Lipinski definition) is 4. The second-order valence-electron chi connectivity index (χ2n) is 7.73. The topological polar surface area (TPSA) is 84.7 Å². The first kappa shape index (κ1) is 22.4. The van der Waals surface area contributed by atoms with E-state index in [9.17, 15) is 9.59 Å². The van der Waals surface area contributed by atoms with Crippen molar-refractivity contribution in [2.24, 2.45) is 0 Å². The van der Waals surface area contributed by atoms with Crippen LogP contribution in [0.1, 0.15) is 22.4 Å². The fourth-order valence-corrected chi connectivity index (χ4v) is 3.57. The number of amides is 2. The number of fused-ring (bicyclic) bond motifs is 1. The van der Waals surface area contributed by atoms with Crippen molar-refractivity contribution in [3.05, 3.63) is 98.6 Å². The van der Waals surface area contributed by atoms with Crippen molar-refractivity contribution in [2.75, 3.05) is 10.6 Å². The molecule has 0 saturated carbocycles. The van der Waals surface area contributed by atoms with E-state index in [0.29, 0.717) is 33.5 Å². The highest BCUT2D eigenvalue weighted by Crippen LogP contribution is 2.25. The second-order valence-corrected chi connectivity index (χ2v) is 8.14. The number of carbonyl (C=O) groups is 1. The van der Waals surface area contributed by atoms with Gasteiger partial charge in [-0.25, -0.2) is 9.78 Å². The zero-order valence-electron chi connectivity index (χ0n) is 18.5. The van der Waals surface area contributed by atoms with Crippen molar-refractivity contribution in [3.63, 3.8) is 0 Å². The summed E-state index contributed by atoms with van der Waals surface area (Å²) in [7, 11) is 0. The third-order valence-corrected chi connectivity index (χ3v) is 5.69. The van der Waals surface area contributed by atoms with E-state index in [4.69, 9.17) is 16.3 Å². The number of aromatic nitrogens is 2. The highest BCUT2D eigenvalue weighted by atomic mass is 35.5. The molecular weight excluding hydrogens is 440 g/mol. The van der Waals surface area contributed by atoms with E-state index in [1.165, 1.54) is 10.5 Å². The van der Waals surface area contributed by atoms with Crippen LogP contribution in [0.5, 0.6) is 5.75 Å². The number of halogens is 1. The first-order valence-corrected chi connectivity index (χ1v) is 10.7. The molecule has 0 unspecified atom stereocenters. The summed E-state index contributed by atoms with van der Waals surface area (Å²) in [6.45, 7) is 5.77. The van der Waals surface area contributed by atoms with E-state index in [-0.39, 0.29) is 12.2 Å². The Kier molecular flexibility index (Phi) is 6.33. The standard InChI is InChI=1S/C25H23ClN4O3/c1-15-9-10-18(28-25(32)29-21-8-4-7-20(26)17(21)3)12-22(15)33-14-19-13-23(31)30-11-5-6-16(2)24(30)27-19/h4-13H,14H2,1-3H3,(H2,28,29,32). The summed E-state index contributed by atoms with van der Waals surface area (Å²) in [6, 6.07) is 15.5. The van der Waals surface area contributed by atoms with E-state index in [1.807, 2.05) is 39.0 Å². The molecule has 0 saturated heterocycles. The summed E-state index contributed by atoms with van der Waals surface area (Å²) >= 11 is 6.12. The van der Waals surface area contributed by atoms with Crippen LogP contribution in [-0.2, 0) is 6.61 Å². The maximum atomic E-state index is 12.5. The van der Waals surface area contributed by atoms with Gasteiger partial charge in [0.15, 0.2) is 0 Å². The number of ether oxygens (including phenoxy) is 1. The molecule has 7 nitrogen and oxygen atoms in total. The number of pyridine rings is 1. The molecule has 0 fully saturated rings. The highest BCUT2D eigenvalue weighted by molar-refractivity contribution is 6.31. The van der Waals surface area contributed by atoms with E-state index in [2.05, 4.69) is 15.6 Å². The van der Waals surface area contributed by atoms with E-state index >= 15 is 0 Å². The van der Waals surface area contributed by atoms with Crippen LogP contribution in [0.4, 0.5) is 16.2 Å². The Morgan fingerprint density at radius 2 is 1.85 bits per heavy atom. The number of benzene rings is 2. The molecule has 0 aliphatic rings. The summed E-state index contributed by atoms with van der Waals surface area (Å²) in [5, 5.41) is 6.18. The second kappa shape index (κ2) is 9.34. The Labute approximate surface area is 196 Å². The number of carbonyl (C=O) groups excluding carboxylic acids is 1. The van der Waals surface area contributed by atoms with Gasteiger partial charge in [0.05, 0.1) is 5.69 Å². The Bertz CT molecular complexity index is 1410. The lowest BCUT2D eigenvalue weighted by Crippen LogP contribution is -2.20. The largest absolute Gasteiger partial charge is 0.487 e. The first-order valence-electron chi connectivity index (χ1n) is 10.4. The molecule has 0 radical (unpaired) electrons. The van der Waals surface area contributed by atoms with Crippen molar-refractivity contribution in [3.8, 4) is 5.75 Å². The van der Waals surface area contributed by atoms with Gasteiger partial charge in [-0.2, -0.15) is 0 Å². The van der Waals surface area contributed by atoms with Crippen LogP contribution in [0.15, 0.2) is 65.6 Å². The van der Waals surface area contributed by atoms with Crippen molar-refractivity contribution in [2.45, 2.75) is 27.4 Å². The zero-order valence-corrected chi connectivity index (χ0v) is 19.2. The summed E-state index contributed by atoms with van der Waals surface area (Å²) in [6.07, 6.45) is 1.69. The van der Waals surface area contributed by atoms with Gasteiger partial charge in [-0.05, 0) is 61.7 Å². The van der Waals surface area contributed by atoms with Crippen molar-refractivity contribution >= 4 is 34.7 Å². The minimum Gasteiger partial charge on any atom is -0.487 e. The van der Waals surface area contributed by atoms with Crippen molar-refractivity contribution in [1.29, 1.82) is 0 Å². The molecule has 4 rings (SSSR count). The molecule has 8 heteroatoms. The Balaban J connectivity index is 1.48. The van der Waals surface area contributed by atoms with E-state index in [1.54, 1.807) is 36.5 Å². The molecule has 0 aliphatic heterocycles. The Hall–Kier alpha value is -3.84. The summed E-state index contributed by atoms with van der Waals surface area (Å²) < 4.78 is 7.45. The summed E-state index contributed by atoms with van der Waals surface area (Å²) in [5.74, 6) is 0.582. The average molecular weight is 463 g/mol. The molecule has 0 aliphatic carbocycles. The lowest BCUT2D eigenvalue weighted by Gasteiger charge is -2.13. The lowest BCUT2D eigenvalue weighted by atomic mass is 10.2. The maximum Gasteiger partial charge on any atom is 0.323 e. The molecular formula is C25H23ClN4O3. The van der Waals surface area contributed by atoms with Gasteiger partial charge in [-0.15, -0.1) is 0 Å². The minimum atomic E-state index is -0.394. The molecule has 0 bridgehead atoms. The fraction of sp³-hybridized carbons (Fsp3) is 0.160. The SMILES string of the molecule is Cc1ccc(NC(=O)Nc2cccc(Cl)c2C)cc1OCc1cc(=O)n2cccc(C)c2n1. The number of anilines is 2. The summed E-state index contributed by atoms with van der Waals surface area (Å²) in [5.41, 5.74) is 4.74. The van der Waals surface area contributed by atoms with Crippen LogP contribution in [0.25, 0.3) is 5.65 Å². The normalized spacial score (nSPS) is 10.8. The number of nitrogens with one attached hydrogen (secondary N) is 2. The highest BCUT2D eigenvalue weighted by Gasteiger charge is 2.10. The molecule has 2 N–H and O–H groups in total. The van der Waals surface area contributed by atoms with Crippen molar-refractivity contribution in [1.82, 2.24) is 9.38 Å². The van der Waals surface area contributed by atoms with Gasteiger partial charge < -0.3 is 15.4 Å². The summed E-state index contributed by atoms with van der Waals surface area (Å²) in [4.78, 5) is 29.4. The molecule has 0 atom stereocenters. The molecule has 2 amide bonds. The fourth-order valence-electron chi connectivity index (χ4n) is 3.40. The third kappa shape index (κ3) is 4.99. The van der Waals surface area contributed by atoms with Gasteiger partial charge in [0.1, 0.15) is 18.0 Å². The number of hydrogen-bond donors (Lipinski definition) is 2. The third-order valence-electron chi connectivity index (χ3n) is 5.28. The molecule has 0 spiro atoms. The monoisotopic (exact) mass is 462 g/mol. The number of urea groups is 1. The number of aryl methyl sites for hydroxylation is 2. The maximum absolute atomic E-state index is 12.5. The van der Waals surface area contributed by atoms with Gasteiger partial charge in [0.25, 0.3) is 5.56 Å². The van der Waals surface area contributed by atoms with Crippen LogP contribution in [0, 0.1) is 20.8 Å². The minimum absolute atomic E-state index is 0.123. The molecule has 4 aromatic rings. The van der Waals surface area contributed by atoms with Crippen molar-refractivity contribution < 1.29 is 9.53 Å². The lowest BCUT2D eigenvalue weighted by molar-refractivity contribution is 0.262. The van der Waals surface area contributed by atoms with E-state index < -0.39 is 6.03 Å². The van der Waals surface area contributed by atoms with Gasteiger partial charge in [-0.1, -0.05) is 29.8 Å². The van der Waals surface area contributed by atoms with Gasteiger partial charge in [0, 0.05) is 34.7 Å². The van der Waals surface area contributed by atoms with Crippen LogP contribution >= 0.6 is 11.6 Å². The van der Waals surface area contributed by atoms with Crippen LogP contribution in [0.3, 0.4) is 0 Å². The van der Waals surface area contributed by atoms with Crippen LogP contribution in [-0.4, -0.2) is 15.4 Å². The molecule has 33 heavy (non-hydrogen) atoms. The molecule has 168 valence electrons. The molecule has 2 aromatic carbocycles. The van der Waals surface area contributed by atoms with Crippen LogP contribution < -0.4 is 20.9 Å². The van der Waals surface area contributed by atoms with Gasteiger partial charge in [-0.3, -0.25) is 9.20 Å². The van der Waals surface area contributed by atoms with E-state index in [0.717, 1.165) is 16.7 Å². The quantitative estimate of drug-likeness (QED) is 0.410. The Morgan fingerprint density at radius 1 is 1.03 bits per heavy atom. The molecule has 2 aromatic heterocycles. The number of rotatable bonds is 5. The van der Waals surface area contributed by atoms with Gasteiger partial charge >= 0.3 is 6.03 Å². The predicted octanol–water partition coefficient (Wildman–Crippen LogP) is 5.50. The Morgan fingerprint density at radius 3 is 2.67 bits per heavy atom. The average Bonchev–Trinajstić information content (AvgIpc) is 2.78. The number of nitrogens with zero attached hydrogens (tertiary/aromatic N) is 2. The smallest absolute Gasteiger partial charge is 0.323 e. The van der Waals surface area contributed by atoms with Crippen LogP contribution in [0.2, 0.25) is 5.02 Å². The van der Waals surface area contributed by atoms with Gasteiger partial charge in [0.2, 0.25) is 0 Å². The predicted molar refractivity (Wildman–Crippen MR) is 131 cm³/mol.